The van der Waals surface area contributed by atoms with Crippen molar-refractivity contribution in [2.75, 3.05) is 25.1 Å². The van der Waals surface area contributed by atoms with Gasteiger partial charge in [0.2, 0.25) is 0 Å². The first-order valence-electron chi connectivity index (χ1n) is 4.81. The predicted octanol–water partition coefficient (Wildman–Crippen LogP) is -0.319. The van der Waals surface area contributed by atoms with Gasteiger partial charge in [-0.05, 0) is 24.3 Å². The van der Waals surface area contributed by atoms with E-state index in [0.717, 1.165) is 18.0 Å². The Morgan fingerprint density at radius 1 is 1.38 bits per heavy atom. The van der Waals surface area contributed by atoms with E-state index in [1.54, 1.807) is 7.11 Å². The largest absolute Gasteiger partial charge is 1.00 e. The van der Waals surface area contributed by atoms with E-state index < -0.39 is 0 Å². The smallest absolute Gasteiger partial charge is 0.497 e. The topological polar surface area (TPSA) is 12.5 Å². The van der Waals surface area contributed by atoms with E-state index in [-0.39, 0.29) is 18.9 Å². The average Bonchev–Trinajstić information content (AvgIpc) is 2.29. The molecule has 0 saturated carbocycles. The van der Waals surface area contributed by atoms with Crippen LogP contribution in [0, 0.1) is 6.08 Å². The number of benzene rings is 1. The van der Waals surface area contributed by atoms with Crippen LogP contribution >= 0.6 is 0 Å². The molecule has 1 aromatic rings. The van der Waals surface area contributed by atoms with Crippen LogP contribution in [0.4, 0.5) is 5.69 Å². The molecule has 1 rings (SSSR count). The summed E-state index contributed by atoms with van der Waals surface area (Å²) in [5.74, 6) is 0.861. The molecule has 0 aliphatic heterocycles. The summed E-state index contributed by atoms with van der Waals surface area (Å²) in [6.07, 6.45) is 4.74. The molecule has 0 aliphatic rings. The van der Waals surface area contributed by atoms with Crippen molar-refractivity contribution in [2.45, 2.75) is 0 Å². The van der Waals surface area contributed by atoms with Gasteiger partial charge in [0.25, 0.3) is 0 Å². The Morgan fingerprint density at radius 2 is 2.00 bits per heavy atom. The van der Waals surface area contributed by atoms with Gasteiger partial charge in [0.15, 0.2) is 0 Å². The van der Waals surface area contributed by atoms with Gasteiger partial charge >= 0.3 is 18.9 Å². The molecule has 0 unspecified atom stereocenters. The van der Waals surface area contributed by atoms with Gasteiger partial charge < -0.3 is 15.7 Å². The van der Waals surface area contributed by atoms with Crippen LogP contribution in [-0.4, -0.2) is 20.2 Å². The van der Waals surface area contributed by atoms with E-state index in [2.05, 4.69) is 24.1 Å². The summed E-state index contributed by atoms with van der Waals surface area (Å²) in [6.45, 7) is 8.82. The number of methoxy groups -OCH3 is 1. The zero-order valence-corrected chi connectivity index (χ0v) is 10.1. The maximum atomic E-state index is 5.10. The van der Waals surface area contributed by atoms with Gasteiger partial charge in [-0.2, -0.15) is 0 Å². The van der Waals surface area contributed by atoms with Gasteiger partial charge in [-0.25, -0.2) is 0 Å². The molecule has 80 valence electrons. The van der Waals surface area contributed by atoms with Gasteiger partial charge in [0.1, 0.15) is 5.75 Å². The first-order chi connectivity index (χ1) is 7.31. The predicted molar refractivity (Wildman–Crippen MR) is 64.3 cm³/mol. The quantitative estimate of drug-likeness (QED) is 0.362. The monoisotopic (exact) mass is 209 g/mol. The third kappa shape index (κ3) is 4.18. The molecule has 0 atom stereocenters. The van der Waals surface area contributed by atoms with Crippen molar-refractivity contribution < 1.29 is 23.6 Å². The molecule has 0 aliphatic carbocycles. The third-order valence-corrected chi connectivity index (χ3v) is 2.09. The Labute approximate surface area is 110 Å². The fourth-order valence-corrected chi connectivity index (χ4v) is 1.35. The standard InChI is InChI=1S/C13H16NO.Li/c1-4-10-14(11-5-2)12-6-8-13(15-3)9-7-12;/h4,6-9H,1-2,10-11H2,3H3;/q-1;+1. The fourth-order valence-electron chi connectivity index (χ4n) is 1.35. The maximum Gasteiger partial charge on any atom is 1.00 e. The molecule has 0 radical (unpaired) electrons. The molecule has 0 amide bonds. The zero-order valence-electron chi connectivity index (χ0n) is 10.1. The minimum Gasteiger partial charge on any atom is -0.497 e. The van der Waals surface area contributed by atoms with Crippen molar-refractivity contribution in [1.82, 2.24) is 0 Å². The average molecular weight is 209 g/mol. The Kier molecular flexibility index (Phi) is 7.54. The number of anilines is 1. The number of hydrogen-bond donors (Lipinski definition) is 0. The van der Waals surface area contributed by atoms with E-state index in [1.807, 2.05) is 30.3 Å². The Morgan fingerprint density at radius 3 is 2.44 bits per heavy atom. The van der Waals surface area contributed by atoms with Gasteiger partial charge in [-0.3, -0.25) is 6.58 Å². The molecular weight excluding hydrogens is 193 g/mol. The second-order valence-corrected chi connectivity index (χ2v) is 3.12. The molecule has 0 heterocycles. The van der Waals surface area contributed by atoms with Gasteiger partial charge in [-0.15, -0.1) is 13.1 Å². The number of nitrogens with zero attached hydrogens (tertiary/aromatic N) is 1. The van der Waals surface area contributed by atoms with E-state index in [1.165, 1.54) is 0 Å². The minimum atomic E-state index is 0. The SMILES string of the molecule is C=[C-]CN(CC=C)c1ccc(OC)cc1.[Li+]. The van der Waals surface area contributed by atoms with Crippen LogP contribution in [0.15, 0.2) is 43.5 Å². The van der Waals surface area contributed by atoms with E-state index in [0.29, 0.717) is 6.54 Å². The zero-order chi connectivity index (χ0) is 11.1. The Hall–Kier alpha value is -1.10. The van der Waals surface area contributed by atoms with E-state index in [4.69, 9.17) is 4.74 Å². The summed E-state index contributed by atoms with van der Waals surface area (Å²) < 4.78 is 5.10. The van der Waals surface area contributed by atoms with Crippen molar-refractivity contribution in [3.05, 3.63) is 49.6 Å². The van der Waals surface area contributed by atoms with Gasteiger partial charge in [-0.1, -0.05) is 6.08 Å². The molecular formula is C13H16LiNO. The molecule has 0 N–H and O–H groups in total. The molecule has 16 heavy (non-hydrogen) atoms. The summed E-state index contributed by atoms with van der Waals surface area (Å²) in [7, 11) is 1.66. The van der Waals surface area contributed by atoms with Crippen LogP contribution < -0.4 is 28.5 Å². The second-order valence-electron chi connectivity index (χ2n) is 3.12. The maximum absolute atomic E-state index is 5.10. The summed E-state index contributed by atoms with van der Waals surface area (Å²) in [5.41, 5.74) is 1.12. The second kappa shape index (κ2) is 8.10. The van der Waals surface area contributed by atoms with E-state index >= 15 is 0 Å². The third-order valence-electron chi connectivity index (χ3n) is 2.09. The molecule has 0 saturated heterocycles. The van der Waals surface area contributed by atoms with Crippen LogP contribution in [0.2, 0.25) is 0 Å². The number of hydrogen-bond acceptors (Lipinski definition) is 2. The van der Waals surface area contributed by atoms with Crippen molar-refractivity contribution in [3.8, 4) is 5.75 Å². The molecule has 1 aromatic carbocycles. The molecule has 0 aromatic heterocycles. The number of rotatable bonds is 6. The molecule has 0 spiro atoms. The van der Waals surface area contributed by atoms with E-state index in [9.17, 15) is 0 Å². The van der Waals surface area contributed by atoms with Crippen LogP contribution in [0.1, 0.15) is 0 Å². The van der Waals surface area contributed by atoms with Crippen molar-refractivity contribution in [2.24, 2.45) is 0 Å². The molecule has 0 bridgehead atoms. The van der Waals surface area contributed by atoms with Crippen molar-refractivity contribution in [3.63, 3.8) is 0 Å². The fraction of sp³-hybridized carbons (Fsp3) is 0.231. The first kappa shape index (κ1) is 14.9. The van der Waals surface area contributed by atoms with Crippen LogP contribution in [-0.2, 0) is 0 Å². The summed E-state index contributed by atoms with van der Waals surface area (Å²) in [4.78, 5) is 2.12. The van der Waals surface area contributed by atoms with Crippen LogP contribution in [0.5, 0.6) is 5.75 Å². The Bertz CT molecular complexity index is 311. The molecule has 2 nitrogen and oxygen atoms in total. The van der Waals surface area contributed by atoms with Crippen LogP contribution in [0.25, 0.3) is 0 Å². The number of ether oxygens (including phenoxy) is 1. The summed E-state index contributed by atoms with van der Waals surface area (Å²) >= 11 is 0. The molecule has 0 fully saturated rings. The van der Waals surface area contributed by atoms with Crippen molar-refractivity contribution in [1.29, 1.82) is 0 Å². The van der Waals surface area contributed by atoms with Crippen LogP contribution in [0.3, 0.4) is 0 Å². The summed E-state index contributed by atoms with van der Waals surface area (Å²) in [6, 6.07) is 7.91. The van der Waals surface area contributed by atoms with Gasteiger partial charge in [0.05, 0.1) is 7.11 Å². The van der Waals surface area contributed by atoms with Gasteiger partial charge in [0, 0.05) is 12.2 Å². The Balaban J connectivity index is 0.00000225. The first-order valence-corrected chi connectivity index (χ1v) is 4.81. The minimum absolute atomic E-state index is 0. The normalized spacial score (nSPS) is 8.81. The molecule has 3 heteroatoms. The summed E-state index contributed by atoms with van der Waals surface area (Å²) in [5, 5.41) is 0. The van der Waals surface area contributed by atoms with Crippen molar-refractivity contribution >= 4 is 5.69 Å².